The lowest BCUT2D eigenvalue weighted by atomic mass is 9.92. The number of amides is 2. The van der Waals surface area contributed by atoms with Gasteiger partial charge in [-0.2, -0.15) is 0 Å². The summed E-state index contributed by atoms with van der Waals surface area (Å²) in [5, 5.41) is 33.4. The van der Waals surface area contributed by atoms with Crippen LogP contribution in [0.2, 0.25) is 0 Å². The summed E-state index contributed by atoms with van der Waals surface area (Å²) in [6, 6.07) is -1.89. The number of carbonyl (C=O) groups excluding carboxylic acids is 2. The number of nitrogens with zero attached hydrogens (tertiary/aromatic N) is 1. The molecule has 0 bridgehead atoms. The van der Waals surface area contributed by atoms with Crippen LogP contribution < -0.4 is 11.1 Å². The van der Waals surface area contributed by atoms with E-state index in [0.29, 0.717) is 25.9 Å². The molecule has 2 saturated heterocycles. The first-order valence-electron chi connectivity index (χ1n) is 13.7. The lowest BCUT2D eigenvalue weighted by Gasteiger charge is -2.44. The summed E-state index contributed by atoms with van der Waals surface area (Å²) in [5.41, 5.74) is -0.850. The van der Waals surface area contributed by atoms with E-state index in [-0.39, 0.29) is 30.6 Å². The molecule has 0 aliphatic carbocycles. The molecular formula is C26H41ClN2O11S. The van der Waals surface area contributed by atoms with Crippen LogP contribution >= 0.6 is 23.4 Å². The van der Waals surface area contributed by atoms with Crippen molar-refractivity contribution in [2.24, 2.45) is 5.92 Å². The first-order chi connectivity index (χ1) is 19.5. The van der Waals surface area contributed by atoms with Gasteiger partial charge in [-0.1, -0.05) is 0 Å². The zero-order valence-corrected chi connectivity index (χ0v) is 25.3. The summed E-state index contributed by atoms with van der Waals surface area (Å²) in [6.07, 6.45) is -1.21. The van der Waals surface area contributed by atoms with Crippen molar-refractivity contribution < 1.29 is 48.0 Å². The van der Waals surface area contributed by atoms with Crippen molar-refractivity contribution in [3.63, 3.8) is 0 Å². The smallest absolute Gasteiger partial charge is 0.441 e. The Morgan fingerprint density at radius 2 is 1.90 bits per heavy atom. The minimum Gasteiger partial charge on any atom is -0.441 e. The summed E-state index contributed by atoms with van der Waals surface area (Å²) < 4.78 is 26.2. The Morgan fingerprint density at radius 3 is 2.51 bits per heavy atom. The average Bonchev–Trinajstić information content (AvgIpc) is 3.12. The number of rotatable bonds is 11. The minimum atomic E-state index is -1.52. The van der Waals surface area contributed by atoms with Crippen molar-refractivity contribution in [1.29, 1.82) is 0 Å². The molecule has 2 aliphatic rings. The highest BCUT2D eigenvalue weighted by Gasteiger charge is 2.48. The van der Waals surface area contributed by atoms with E-state index >= 15 is 0 Å². The molecule has 9 atom stereocenters. The number of methoxy groups -OCH3 is 1. The van der Waals surface area contributed by atoms with E-state index < -0.39 is 65.1 Å². The van der Waals surface area contributed by atoms with Crippen molar-refractivity contribution in [3.8, 4) is 0 Å². The molecule has 4 N–H and O–H groups in total. The summed E-state index contributed by atoms with van der Waals surface area (Å²) in [7, 11) is 1.64. The molecule has 41 heavy (non-hydrogen) atoms. The fourth-order valence-electron chi connectivity index (χ4n) is 5.27. The van der Waals surface area contributed by atoms with Gasteiger partial charge >= 0.3 is 11.9 Å². The number of alkyl halides is 1. The van der Waals surface area contributed by atoms with E-state index in [1.165, 1.54) is 11.8 Å². The number of carbonyl (C=O) groups is 2. The molecule has 1 aromatic heterocycles. The van der Waals surface area contributed by atoms with Gasteiger partial charge in [0.05, 0.1) is 11.4 Å². The maximum atomic E-state index is 13.8. The van der Waals surface area contributed by atoms with Crippen LogP contribution in [0.25, 0.3) is 0 Å². The molecule has 3 heterocycles. The Labute approximate surface area is 247 Å². The van der Waals surface area contributed by atoms with Crippen molar-refractivity contribution >= 4 is 35.4 Å². The third-order valence-corrected chi connectivity index (χ3v) is 8.79. The Bertz CT molecular complexity index is 1050. The van der Waals surface area contributed by atoms with Crippen LogP contribution in [0.4, 0.5) is 4.79 Å². The number of halogens is 1. The SMILES string of the molecule is COCCC[C@H]1CC[C@@H](C(=O)N[C@@H]([C@H]2O[C@H](SC)[C@H](O)[C@@H](O)[C@H]2O)[C@H](C)Cl)N(C(=O)OCc2oc(=O)oc2C)CC1. The molecule has 1 aromatic rings. The number of ether oxygens (including phenoxy) is 3. The monoisotopic (exact) mass is 624 g/mol. The predicted molar refractivity (Wildman–Crippen MR) is 149 cm³/mol. The Hall–Kier alpha value is -1.81. The van der Waals surface area contributed by atoms with Gasteiger partial charge in [0, 0.05) is 20.3 Å². The van der Waals surface area contributed by atoms with Crippen molar-refractivity contribution in [2.45, 2.75) is 99.9 Å². The minimum absolute atomic E-state index is 0.0696. The van der Waals surface area contributed by atoms with E-state index in [1.807, 2.05) is 0 Å². The Balaban J connectivity index is 1.79. The molecule has 2 amide bonds. The average molecular weight is 625 g/mol. The molecule has 0 saturated carbocycles. The predicted octanol–water partition coefficient (Wildman–Crippen LogP) is 1.36. The topological polar surface area (TPSA) is 181 Å². The van der Waals surface area contributed by atoms with Gasteiger partial charge in [-0.25, -0.2) is 9.59 Å². The quantitative estimate of drug-likeness (QED) is 0.205. The number of aliphatic hydroxyl groups is 3. The van der Waals surface area contributed by atoms with Gasteiger partial charge < -0.3 is 43.7 Å². The first kappa shape index (κ1) is 33.7. The second-order valence-corrected chi connectivity index (χ2v) is 12.1. The maximum absolute atomic E-state index is 13.8. The van der Waals surface area contributed by atoms with Gasteiger partial charge in [-0.15, -0.1) is 23.4 Å². The summed E-state index contributed by atoms with van der Waals surface area (Å²) in [5.74, 6) is -0.931. The van der Waals surface area contributed by atoms with Gasteiger partial charge in [0.1, 0.15) is 35.9 Å². The lowest BCUT2D eigenvalue weighted by Crippen LogP contribution is -2.65. The molecule has 15 heteroatoms. The number of thioether (sulfide) groups is 1. The zero-order valence-electron chi connectivity index (χ0n) is 23.7. The number of aryl methyl sites for hydroxylation is 1. The molecule has 13 nitrogen and oxygen atoms in total. The number of nitrogens with one attached hydrogen (secondary N) is 1. The second-order valence-electron chi connectivity index (χ2n) is 10.5. The van der Waals surface area contributed by atoms with E-state index in [4.69, 9.17) is 34.6 Å². The fraction of sp³-hybridized carbons (Fsp3) is 0.808. The van der Waals surface area contributed by atoms with Crippen molar-refractivity contribution in [1.82, 2.24) is 10.2 Å². The molecule has 0 spiro atoms. The van der Waals surface area contributed by atoms with Crippen LogP contribution in [0.15, 0.2) is 13.6 Å². The highest BCUT2D eigenvalue weighted by molar-refractivity contribution is 7.99. The Kier molecular flexibility index (Phi) is 12.8. The molecule has 0 unspecified atom stereocenters. The number of likely N-dealkylation sites (tertiary alicyclic amines) is 1. The van der Waals surface area contributed by atoms with Gasteiger partial charge in [0.15, 0.2) is 18.1 Å². The number of aliphatic hydroxyl groups excluding tert-OH is 3. The van der Waals surface area contributed by atoms with Gasteiger partial charge in [-0.05, 0) is 58.1 Å². The van der Waals surface area contributed by atoms with Crippen LogP contribution in [0.5, 0.6) is 0 Å². The lowest BCUT2D eigenvalue weighted by molar-refractivity contribution is -0.205. The maximum Gasteiger partial charge on any atom is 0.519 e. The van der Waals surface area contributed by atoms with Crippen molar-refractivity contribution in [2.75, 3.05) is 26.5 Å². The third-order valence-electron chi connectivity index (χ3n) is 7.66. The van der Waals surface area contributed by atoms with Crippen LogP contribution in [0.1, 0.15) is 50.5 Å². The van der Waals surface area contributed by atoms with Crippen LogP contribution in [-0.4, -0.2) is 106 Å². The first-order valence-corrected chi connectivity index (χ1v) is 15.4. The van der Waals surface area contributed by atoms with E-state index in [0.717, 1.165) is 24.6 Å². The molecule has 2 aliphatic heterocycles. The third kappa shape index (κ3) is 8.62. The normalized spacial score (nSPS) is 30.3. The Morgan fingerprint density at radius 1 is 1.17 bits per heavy atom. The summed E-state index contributed by atoms with van der Waals surface area (Å²) in [6.45, 7) is 3.62. The number of hydrogen-bond acceptors (Lipinski definition) is 12. The van der Waals surface area contributed by atoms with Gasteiger partial charge in [0.2, 0.25) is 5.91 Å². The van der Waals surface area contributed by atoms with Crippen molar-refractivity contribution in [3.05, 3.63) is 22.1 Å². The van der Waals surface area contributed by atoms with E-state index in [1.54, 1.807) is 20.3 Å². The zero-order chi connectivity index (χ0) is 30.3. The molecule has 0 radical (unpaired) electrons. The molecule has 234 valence electrons. The second kappa shape index (κ2) is 15.6. The highest BCUT2D eigenvalue weighted by atomic mass is 35.5. The van der Waals surface area contributed by atoms with Crippen LogP contribution in [0.3, 0.4) is 0 Å². The van der Waals surface area contributed by atoms with Gasteiger partial charge in [-0.3, -0.25) is 9.69 Å². The summed E-state index contributed by atoms with van der Waals surface area (Å²) in [4.78, 5) is 39.7. The number of hydrogen-bond donors (Lipinski definition) is 4. The van der Waals surface area contributed by atoms with Crippen LogP contribution in [-0.2, 0) is 25.6 Å². The van der Waals surface area contributed by atoms with Gasteiger partial charge in [0.25, 0.3) is 0 Å². The standard InChI is InChI=1S/C26H41ClN2O11S/c1-13(27)18(22-20(31)19(30)21(32)24(40-22)41-4)28-23(33)16-8-7-15(6-5-11-36-3)9-10-29(16)25(34)37-12-17-14(2)38-26(35)39-17/h13,15-16,18-22,24,30-32H,5-12H2,1-4H3,(H,28,33)/t13-,15-,16-,18+,19-,20+,21+,22+,24+/m0/s1. The molecule has 2 fully saturated rings. The molecular weight excluding hydrogens is 584 g/mol. The van der Waals surface area contributed by atoms with Crippen LogP contribution in [0, 0.1) is 12.8 Å². The van der Waals surface area contributed by atoms with E-state index in [2.05, 4.69) is 5.32 Å². The largest absolute Gasteiger partial charge is 0.519 e. The fourth-order valence-corrected chi connectivity index (χ4v) is 6.15. The molecule has 3 rings (SSSR count). The van der Waals surface area contributed by atoms with E-state index in [9.17, 15) is 29.7 Å². The summed E-state index contributed by atoms with van der Waals surface area (Å²) >= 11 is 7.59. The highest BCUT2D eigenvalue weighted by Crippen LogP contribution is 2.31. The molecule has 0 aromatic carbocycles.